The van der Waals surface area contributed by atoms with Gasteiger partial charge >= 0.3 is 6.01 Å². The number of hydrogen-bond donors (Lipinski definition) is 3. The van der Waals surface area contributed by atoms with E-state index in [1.807, 2.05) is 0 Å². The topological polar surface area (TPSA) is 98.0 Å². The van der Waals surface area contributed by atoms with E-state index >= 15 is 0 Å². The average molecular weight is 296 g/mol. The lowest BCUT2D eigenvalue weighted by Gasteiger charge is -2.08. The Morgan fingerprint density at radius 3 is 2.57 bits per heavy atom. The van der Waals surface area contributed by atoms with Crippen molar-refractivity contribution in [2.24, 2.45) is 5.84 Å². The molecule has 1 aromatic heterocycles. The fraction of sp³-hybridized carbons (Fsp3) is 0.250. The highest BCUT2D eigenvalue weighted by molar-refractivity contribution is 5.36. The predicted octanol–water partition coefficient (Wildman–Crippen LogP) is 1.45. The maximum Gasteiger partial charge on any atom is 0.323 e. The molecule has 0 bridgehead atoms. The maximum absolute atomic E-state index is 13.1. The van der Waals surface area contributed by atoms with Gasteiger partial charge in [0, 0.05) is 6.54 Å². The third-order valence-electron chi connectivity index (χ3n) is 2.45. The SMILES string of the molecule is CCOc1nc(NN)nc(NCc2ccc(F)c(F)c2)n1. The van der Waals surface area contributed by atoms with Gasteiger partial charge in [-0.05, 0) is 24.6 Å². The van der Waals surface area contributed by atoms with E-state index in [2.05, 4.69) is 25.7 Å². The fourth-order valence-corrected chi connectivity index (χ4v) is 1.52. The van der Waals surface area contributed by atoms with Crippen molar-refractivity contribution in [1.82, 2.24) is 15.0 Å². The molecule has 0 saturated carbocycles. The fourth-order valence-electron chi connectivity index (χ4n) is 1.52. The Labute approximate surface area is 119 Å². The third-order valence-corrected chi connectivity index (χ3v) is 2.45. The summed E-state index contributed by atoms with van der Waals surface area (Å²) in [4.78, 5) is 11.9. The van der Waals surface area contributed by atoms with Crippen LogP contribution in [0.1, 0.15) is 12.5 Å². The predicted molar refractivity (Wildman–Crippen MR) is 72.5 cm³/mol. The van der Waals surface area contributed by atoms with Crippen LogP contribution < -0.4 is 21.3 Å². The first kappa shape index (κ1) is 14.9. The number of nitrogens with one attached hydrogen (secondary N) is 2. The molecular formula is C12H14F2N6O. The number of aromatic nitrogens is 3. The minimum atomic E-state index is -0.913. The van der Waals surface area contributed by atoms with E-state index in [1.165, 1.54) is 6.07 Å². The van der Waals surface area contributed by atoms with E-state index in [4.69, 9.17) is 10.6 Å². The lowest BCUT2D eigenvalue weighted by Crippen LogP contribution is -2.14. The molecule has 1 aromatic carbocycles. The maximum atomic E-state index is 13.1. The van der Waals surface area contributed by atoms with Gasteiger partial charge in [-0.15, -0.1) is 0 Å². The van der Waals surface area contributed by atoms with Gasteiger partial charge in [0.25, 0.3) is 0 Å². The van der Waals surface area contributed by atoms with E-state index in [1.54, 1.807) is 6.92 Å². The number of nitrogens with zero attached hydrogens (tertiary/aromatic N) is 3. The van der Waals surface area contributed by atoms with Crippen molar-refractivity contribution in [1.29, 1.82) is 0 Å². The number of anilines is 2. The highest BCUT2D eigenvalue weighted by atomic mass is 19.2. The molecule has 7 nitrogen and oxygen atoms in total. The number of ether oxygens (including phenoxy) is 1. The molecule has 0 spiro atoms. The number of benzene rings is 1. The summed E-state index contributed by atoms with van der Waals surface area (Å²) in [7, 11) is 0. The monoisotopic (exact) mass is 296 g/mol. The highest BCUT2D eigenvalue weighted by Crippen LogP contribution is 2.13. The second-order valence-electron chi connectivity index (χ2n) is 3.94. The molecule has 0 unspecified atom stereocenters. The van der Waals surface area contributed by atoms with Crippen molar-refractivity contribution < 1.29 is 13.5 Å². The molecule has 0 saturated heterocycles. The molecule has 0 fully saturated rings. The van der Waals surface area contributed by atoms with Crippen LogP contribution in [0.25, 0.3) is 0 Å². The van der Waals surface area contributed by atoms with Crippen LogP contribution in [-0.2, 0) is 6.54 Å². The Morgan fingerprint density at radius 2 is 1.90 bits per heavy atom. The molecule has 112 valence electrons. The quantitative estimate of drug-likeness (QED) is 0.548. The molecule has 9 heteroatoms. The van der Waals surface area contributed by atoms with E-state index in [0.717, 1.165) is 12.1 Å². The average Bonchev–Trinajstić information content (AvgIpc) is 2.48. The number of rotatable bonds is 6. The van der Waals surface area contributed by atoms with Crippen LogP contribution in [0.2, 0.25) is 0 Å². The molecule has 0 atom stereocenters. The summed E-state index contributed by atoms with van der Waals surface area (Å²) in [6.07, 6.45) is 0. The second kappa shape index (κ2) is 6.75. The zero-order valence-corrected chi connectivity index (χ0v) is 11.2. The molecule has 0 aliphatic carbocycles. The molecule has 2 rings (SSSR count). The Hall–Kier alpha value is -2.55. The molecule has 0 radical (unpaired) electrons. The van der Waals surface area contributed by atoms with Crippen molar-refractivity contribution in [3.8, 4) is 6.01 Å². The molecular weight excluding hydrogens is 282 g/mol. The lowest BCUT2D eigenvalue weighted by atomic mass is 10.2. The molecule has 2 aromatic rings. The minimum absolute atomic E-state index is 0.105. The van der Waals surface area contributed by atoms with Crippen LogP contribution in [-0.4, -0.2) is 21.6 Å². The van der Waals surface area contributed by atoms with Gasteiger partial charge in [0.1, 0.15) is 0 Å². The Morgan fingerprint density at radius 1 is 1.14 bits per heavy atom. The van der Waals surface area contributed by atoms with Gasteiger partial charge in [-0.3, -0.25) is 5.43 Å². The number of hydrazine groups is 1. The van der Waals surface area contributed by atoms with E-state index in [-0.39, 0.29) is 24.5 Å². The van der Waals surface area contributed by atoms with Crippen molar-refractivity contribution in [3.05, 3.63) is 35.4 Å². The lowest BCUT2D eigenvalue weighted by molar-refractivity contribution is 0.312. The van der Waals surface area contributed by atoms with Crippen LogP contribution >= 0.6 is 0 Å². The van der Waals surface area contributed by atoms with Gasteiger partial charge in [-0.25, -0.2) is 14.6 Å². The van der Waals surface area contributed by atoms with Crippen LogP contribution in [0.4, 0.5) is 20.7 Å². The molecule has 0 amide bonds. The Balaban J connectivity index is 2.11. The molecule has 1 heterocycles. The zero-order valence-electron chi connectivity index (χ0n) is 11.2. The zero-order chi connectivity index (χ0) is 15.2. The number of hydrogen-bond acceptors (Lipinski definition) is 7. The first-order valence-corrected chi connectivity index (χ1v) is 6.15. The van der Waals surface area contributed by atoms with Crippen LogP contribution in [0.3, 0.4) is 0 Å². The van der Waals surface area contributed by atoms with Crippen molar-refractivity contribution in [2.75, 3.05) is 17.3 Å². The number of halogens is 2. The summed E-state index contributed by atoms with van der Waals surface area (Å²) >= 11 is 0. The van der Waals surface area contributed by atoms with Gasteiger partial charge in [-0.2, -0.15) is 15.0 Å². The summed E-state index contributed by atoms with van der Waals surface area (Å²) in [5.74, 6) is 3.77. The normalized spacial score (nSPS) is 10.3. The van der Waals surface area contributed by atoms with E-state index in [9.17, 15) is 8.78 Å². The van der Waals surface area contributed by atoms with Gasteiger partial charge in [0.05, 0.1) is 6.61 Å². The van der Waals surface area contributed by atoms with Gasteiger partial charge in [0.15, 0.2) is 11.6 Å². The Bertz CT molecular complexity index is 625. The molecule has 0 aliphatic heterocycles. The van der Waals surface area contributed by atoms with E-state index < -0.39 is 11.6 Å². The summed E-state index contributed by atoms with van der Waals surface area (Å²) in [5, 5.41) is 2.85. The standard InChI is InChI=1S/C12H14F2N6O/c1-2-21-12-18-10(17-11(19-12)20-15)16-6-7-3-4-8(13)9(14)5-7/h3-5H,2,6,15H2,1H3,(H2,16,17,18,19,20). The number of nitrogens with two attached hydrogens (primary N) is 1. The van der Waals surface area contributed by atoms with Crippen molar-refractivity contribution in [2.45, 2.75) is 13.5 Å². The number of nitrogen functional groups attached to an aromatic ring is 1. The second-order valence-corrected chi connectivity index (χ2v) is 3.94. The summed E-state index contributed by atoms with van der Waals surface area (Å²) in [5.41, 5.74) is 2.83. The molecule has 21 heavy (non-hydrogen) atoms. The highest BCUT2D eigenvalue weighted by Gasteiger charge is 2.07. The molecule has 4 N–H and O–H groups in total. The first-order chi connectivity index (χ1) is 10.1. The largest absolute Gasteiger partial charge is 0.464 e. The van der Waals surface area contributed by atoms with Crippen LogP contribution in [0, 0.1) is 11.6 Å². The van der Waals surface area contributed by atoms with Crippen molar-refractivity contribution in [3.63, 3.8) is 0 Å². The van der Waals surface area contributed by atoms with Gasteiger partial charge in [-0.1, -0.05) is 6.07 Å². The van der Waals surface area contributed by atoms with Gasteiger partial charge < -0.3 is 10.1 Å². The Kier molecular flexibility index (Phi) is 4.77. The van der Waals surface area contributed by atoms with Crippen molar-refractivity contribution >= 4 is 11.9 Å². The van der Waals surface area contributed by atoms with Gasteiger partial charge in [0.2, 0.25) is 11.9 Å². The molecule has 0 aliphatic rings. The third kappa shape index (κ3) is 3.96. The van der Waals surface area contributed by atoms with Crippen LogP contribution in [0.15, 0.2) is 18.2 Å². The minimum Gasteiger partial charge on any atom is -0.464 e. The summed E-state index contributed by atoms with van der Waals surface area (Å²) < 4.78 is 31.1. The summed E-state index contributed by atoms with van der Waals surface area (Å²) in [6.45, 7) is 2.38. The summed E-state index contributed by atoms with van der Waals surface area (Å²) in [6, 6.07) is 3.71. The first-order valence-electron chi connectivity index (χ1n) is 6.15. The van der Waals surface area contributed by atoms with E-state index in [0.29, 0.717) is 12.2 Å². The van der Waals surface area contributed by atoms with Crippen LogP contribution in [0.5, 0.6) is 6.01 Å². The smallest absolute Gasteiger partial charge is 0.323 e.